The molecule has 0 unspecified atom stereocenters. The molecule has 0 aromatic heterocycles. The standard InChI is InChI=1S/C10H10O3.C3H6O/c1-3-13-10(11)8-4-6-9(12-2)7-5-8;1-3(2)4/h3-7H,1H2,2H3;1-2H3. The highest BCUT2D eigenvalue weighted by Gasteiger charge is 2.04. The lowest BCUT2D eigenvalue weighted by atomic mass is 10.2. The Balaban J connectivity index is 0.000000557. The maximum atomic E-state index is 11.1. The number of ether oxygens (including phenoxy) is 2. The smallest absolute Gasteiger partial charge is 0.342 e. The minimum absolute atomic E-state index is 0.167. The van der Waals surface area contributed by atoms with Crippen molar-refractivity contribution in [3.05, 3.63) is 42.7 Å². The van der Waals surface area contributed by atoms with E-state index in [-0.39, 0.29) is 5.78 Å². The van der Waals surface area contributed by atoms with Crippen LogP contribution in [0.4, 0.5) is 0 Å². The molecule has 4 heteroatoms. The lowest BCUT2D eigenvalue weighted by Gasteiger charge is -2.00. The molecule has 0 radical (unpaired) electrons. The number of benzene rings is 1. The second-order valence-electron chi connectivity index (χ2n) is 3.21. The van der Waals surface area contributed by atoms with Gasteiger partial charge in [0.25, 0.3) is 0 Å². The van der Waals surface area contributed by atoms with Crippen LogP contribution in [0.15, 0.2) is 37.1 Å². The van der Waals surface area contributed by atoms with Crippen LogP contribution in [-0.2, 0) is 9.53 Å². The molecule has 0 heterocycles. The van der Waals surface area contributed by atoms with E-state index < -0.39 is 5.97 Å². The Hall–Kier alpha value is -2.10. The number of rotatable bonds is 3. The molecule has 17 heavy (non-hydrogen) atoms. The van der Waals surface area contributed by atoms with Gasteiger partial charge in [-0.2, -0.15) is 0 Å². The van der Waals surface area contributed by atoms with Crippen LogP contribution < -0.4 is 4.74 Å². The Morgan fingerprint density at radius 3 is 2.00 bits per heavy atom. The topological polar surface area (TPSA) is 52.6 Å². The third-order valence-electron chi connectivity index (χ3n) is 1.52. The third kappa shape index (κ3) is 6.89. The van der Waals surface area contributed by atoms with E-state index in [9.17, 15) is 9.59 Å². The van der Waals surface area contributed by atoms with Gasteiger partial charge in [-0.05, 0) is 38.1 Å². The van der Waals surface area contributed by atoms with Crippen molar-refractivity contribution in [1.82, 2.24) is 0 Å². The Bertz CT molecular complexity index is 375. The van der Waals surface area contributed by atoms with Gasteiger partial charge in [0.15, 0.2) is 0 Å². The average Bonchev–Trinajstić information content (AvgIpc) is 2.29. The Morgan fingerprint density at radius 1 is 1.18 bits per heavy atom. The minimum atomic E-state index is -0.419. The van der Waals surface area contributed by atoms with E-state index in [1.165, 1.54) is 13.8 Å². The van der Waals surface area contributed by atoms with E-state index in [1.807, 2.05) is 0 Å². The summed E-state index contributed by atoms with van der Waals surface area (Å²) in [6.07, 6.45) is 1.10. The third-order valence-corrected chi connectivity index (χ3v) is 1.52. The summed E-state index contributed by atoms with van der Waals surface area (Å²) in [6, 6.07) is 6.65. The first kappa shape index (κ1) is 14.9. The molecule has 0 atom stereocenters. The van der Waals surface area contributed by atoms with E-state index in [0.29, 0.717) is 11.3 Å². The number of carbonyl (C=O) groups excluding carboxylic acids is 2. The molecule has 0 saturated carbocycles. The van der Waals surface area contributed by atoms with Crippen molar-refractivity contribution in [3.63, 3.8) is 0 Å². The van der Waals surface area contributed by atoms with E-state index in [1.54, 1.807) is 31.4 Å². The summed E-state index contributed by atoms with van der Waals surface area (Å²) in [7, 11) is 1.57. The summed E-state index contributed by atoms with van der Waals surface area (Å²) < 4.78 is 9.52. The lowest BCUT2D eigenvalue weighted by molar-refractivity contribution is -0.114. The van der Waals surface area contributed by atoms with Crippen LogP contribution in [0.2, 0.25) is 0 Å². The molecule has 0 spiro atoms. The van der Waals surface area contributed by atoms with Crippen LogP contribution in [0.25, 0.3) is 0 Å². The van der Waals surface area contributed by atoms with Crippen molar-refractivity contribution in [1.29, 1.82) is 0 Å². The van der Waals surface area contributed by atoms with Crippen LogP contribution in [0.5, 0.6) is 5.75 Å². The van der Waals surface area contributed by atoms with Crippen LogP contribution >= 0.6 is 0 Å². The van der Waals surface area contributed by atoms with Crippen LogP contribution in [0.1, 0.15) is 24.2 Å². The number of methoxy groups -OCH3 is 1. The molecular weight excluding hydrogens is 220 g/mol. The van der Waals surface area contributed by atoms with E-state index >= 15 is 0 Å². The fraction of sp³-hybridized carbons (Fsp3) is 0.231. The predicted molar refractivity (Wildman–Crippen MR) is 65.0 cm³/mol. The molecule has 4 nitrogen and oxygen atoms in total. The number of hydrogen-bond acceptors (Lipinski definition) is 4. The quantitative estimate of drug-likeness (QED) is 0.598. The van der Waals surface area contributed by atoms with Crippen molar-refractivity contribution < 1.29 is 19.1 Å². The highest BCUT2D eigenvalue weighted by molar-refractivity contribution is 5.89. The van der Waals surface area contributed by atoms with Gasteiger partial charge in [-0.1, -0.05) is 6.58 Å². The van der Waals surface area contributed by atoms with Gasteiger partial charge < -0.3 is 14.3 Å². The summed E-state index contributed by atoms with van der Waals surface area (Å²) in [5, 5.41) is 0. The molecule has 1 aromatic carbocycles. The molecule has 0 bridgehead atoms. The highest BCUT2D eigenvalue weighted by atomic mass is 16.5. The minimum Gasteiger partial charge on any atom is -0.497 e. The Morgan fingerprint density at radius 2 is 1.65 bits per heavy atom. The SMILES string of the molecule is C=COC(=O)c1ccc(OC)cc1.CC(C)=O. The zero-order valence-corrected chi connectivity index (χ0v) is 10.2. The molecule has 0 aliphatic carbocycles. The molecule has 0 N–H and O–H groups in total. The first-order chi connectivity index (χ1) is 8.01. The zero-order chi connectivity index (χ0) is 13.3. The Labute approximate surface area is 101 Å². The number of esters is 1. The summed E-state index contributed by atoms with van der Waals surface area (Å²) in [5.74, 6) is 0.452. The lowest BCUT2D eigenvalue weighted by Crippen LogP contribution is -1.99. The first-order valence-electron chi connectivity index (χ1n) is 4.94. The Kier molecular flexibility index (Phi) is 7.10. The number of carbonyl (C=O) groups is 2. The van der Waals surface area contributed by atoms with Gasteiger partial charge in [0, 0.05) is 0 Å². The molecule has 0 amide bonds. The fourth-order valence-corrected chi connectivity index (χ4v) is 0.871. The second kappa shape index (κ2) is 8.10. The van der Waals surface area contributed by atoms with Crippen molar-refractivity contribution in [2.75, 3.05) is 7.11 Å². The van der Waals surface area contributed by atoms with Crippen molar-refractivity contribution in [2.24, 2.45) is 0 Å². The molecule has 0 fully saturated rings. The van der Waals surface area contributed by atoms with Gasteiger partial charge >= 0.3 is 5.97 Å². The van der Waals surface area contributed by atoms with Gasteiger partial charge in [0.05, 0.1) is 18.9 Å². The van der Waals surface area contributed by atoms with Crippen molar-refractivity contribution >= 4 is 11.8 Å². The fourth-order valence-electron chi connectivity index (χ4n) is 0.871. The summed E-state index contributed by atoms with van der Waals surface area (Å²) in [5.41, 5.74) is 0.473. The number of Topliss-reactive ketones (excluding diaryl/α,β-unsaturated/α-hetero) is 1. The second-order valence-corrected chi connectivity index (χ2v) is 3.21. The van der Waals surface area contributed by atoms with Gasteiger partial charge in [-0.15, -0.1) is 0 Å². The summed E-state index contributed by atoms with van der Waals surface area (Å²) >= 11 is 0. The molecule has 0 aliphatic rings. The van der Waals surface area contributed by atoms with Crippen LogP contribution in [-0.4, -0.2) is 18.9 Å². The molecule has 1 rings (SSSR count). The van der Waals surface area contributed by atoms with E-state index in [0.717, 1.165) is 6.26 Å². The van der Waals surface area contributed by atoms with Gasteiger partial charge in [0.1, 0.15) is 11.5 Å². The van der Waals surface area contributed by atoms with Crippen molar-refractivity contribution in [2.45, 2.75) is 13.8 Å². The van der Waals surface area contributed by atoms with Crippen LogP contribution in [0, 0.1) is 0 Å². The number of hydrogen-bond donors (Lipinski definition) is 0. The van der Waals surface area contributed by atoms with E-state index in [2.05, 4.69) is 11.3 Å². The summed E-state index contributed by atoms with van der Waals surface area (Å²) in [4.78, 5) is 20.6. The first-order valence-corrected chi connectivity index (χ1v) is 4.94. The molecule has 0 saturated heterocycles. The normalized spacial score (nSPS) is 8.41. The maximum absolute atomic E-state index is 11.1. The van der Waals surface area contributed by atoms with E-state index in [4.69, 9.17) is 4.74 Å². The molecular formula is C13H16O4. The average molecular weight is 236 g/mol. The highest BCUT2D eigenvalue weighted by Crippen LogP contribution is 2.11. The van der Waals surface area contributed by atoms with Gasteiger partial charge in [0.2, 0.25) is 0 Å². The van der Waals surface area contributed by atoms with Crippen molar-refractivity contribution in [3.8, 4) is 5.75 Å². The van der Waals surface area contributed by atoms with Crippen LogP contribution in [0.3, 0.4) is 0 Å². The predicted octanol–water partition coefficient (Wildman–Crippen LogP) is 2.59. The molecule has 92 valence electrons. The maximum Gasteiger partial charge on any atom is 0.342 e. The number of ketones is 1. The monoisotopic (exact) mass is 236 g/mol. The van der Waals surface area contributed by atoms with Gasteiger partial charge in [-0.25, -0.2) is 4.79 Å². The summed E-state index contributed by atoms with van der Waals surface area (Å²) in [6.45, 7) is 6.35. The molecule has 1 aromatic rings. The molecule has 0 aliphatic heterocycles. The van der Waals surface area contributed by atoms with Gasteiger partial charge in [-0.3, -0.25) is 0 Å². The zero-order valence-electron chi connectivity index (χ0n) is 10.2. The largest absolute Gasteiger partial charge is 0.497 e.